The van der Waals surface area contributed by atoms with Crippen molar-refractivity contribution in [1.29, 1.82) is 0 Å². The number of halogens is 1. The zero-order chi connectivity index (χ0) is 13.1. The second-order valence-electron chi connectivity index (χ2n) is 4.25. The minimum atomic E-state index is 0.0323. The van der Waals surface area contributed by atoms with E-state index in [9.17, 15) is 4.79 Å². The predicted molar refractivity (Wildman–Crippen MR) is 76.6 cm³/mol. The summed E-state index contributed by atoms with van der Waals surface area (Å²) in [7, 11) is 0. The van der Waals surface area contributed by atoms with Crippen molar-refractivity contribution in [3.63, 3.8) is 0 Å². The zero-order valence-electron chi connectivity index (χ0n) is 10.6. The summed E-state index contributed by atoms with van der Waals surface area (Å²) in [5.74, 6) is 0.0323. The lowest BCUT2D eigenvalue weighted by Gasteiger charge is -2.37. The summed E-state index contributed by atoms with van der Waals surface area (Å²) in [5, 5.41) is 3.72. The van der Waals surface area contributed by atoms with Crippen LogP contribution in [0.2, 0.25) is 5.02 Å². The lowest BCUT2D eigenvalue weighted by Crippen LogP contribution is -2.58. The highest BCUT2D eigenvalue weighted by Gasteiger charge is 2.28. The lowest BCUT2D eigenvalue weighted by atomic mass is 10.1. The summed E-state index contributed by atoms with van der Waals surface area (Å²) < 4.78 is 0. The number of rotatable bonds is 4. The molecule has 1 fully saturated rings. The first-order valence-electron chi connectivity index (χ1n) is 6.02. The molecule has 1 amide bonds. The van der Waals surface area contributed by atoms with E-state index in [-0.39, 0.29) is 5.91 Å². The highest BCUT2D eigenvalue weighted by molar-refractivity contribution is 7.98. The molecule has 0 unspecified atom stereocenters. The van der Waals surface area contributed by atoms with Gasteiger partial charge in [-0.3, -0.25) is 4.79 Å². The Labute approximate surface area is 117 Å². The molecule has 1 aliphatic rings. The molecule has 0 aliphatic carbocycles. The summed E-state index contributed by atoms with van der Waals surface area (Å²) in [6.07, 6.45) is 1.99. The van der Waals surface area contributed by atoms with Crippen LogP contribution in [0.25, 0.3) is 0 Å². The van der Waals surface area contributed by atoms with Crippen molar-refractivity contribution in [1.82, 2.24) is 10.2 Å². The Bertz CT molecular complexity index is 449. The fraction of sp³-hybridized carbons (Fsp3) is 0.462. The first-order chi connectivity index (χ1) is 8.67. The third-order valence-corrected chi connectivity index (χ3v) is 4.26. The fourth-order valence-corrected chi connectivity index (χ4v) is 2.65. The van der Waals surface area contributed by atoms with E-state index in [4.69, 9.17) is 11.6 Å². The van der Waals surface area contributed by atoms with Crippen molar-refractivity contribution in [2.45, 2.75) is 17.9 Å². The number of thioether (sulfide) groups is 1. The van der Waals surface area contributed by atoms with E-state index in [0.717, 1.165) is 18.0 Å². The molecule has 1 saturated heterocycles. The molecule has 5 heteroatoms. The summed E-state index contributed by atoms with van der Waals surface area (Å²) in [6, 6.07) is 5.92. The van der Waals surface area contributed by atoms with Gasteiger partial charge in [0, 0.05) is 24.5 Å². The van der Waals surface area contributed by atoms with E-state index in [1.807, 2.05) is 30.2 Å². The Morgan fingerprint density at radius 2 is 2.28 bits per heavy atom. The molecule has 3 nitrogen and oxygen atoms in total. The Hall–Kier alpha value is -0.710. The van der Waals surface area contributed by atoms with E-state index >= 15 is 0 Å². The van der Waals surface area contributed by atoms with Crippen LogP contribution in [0.4, 0.5) is 0 Å². The van der Waals surface area contributed by atoms with Gasteiger partial charge in [-0.15, -0.1) is 11.8 Å². The summed E-state index contributed by atoms with van der Waals surface area (Å²) >= 11 is 7.76. The molecule has 1 aromatic carbocycles. The van der Waals surface area contributed by atoms with Crippen LogP contribution in [-0.4, -0.2) is 42.7 Å². The molecule has 0 spiro atoms. The monoisotopic (exact) mass is 284 g/mol. The number of carbonyl (C=O) groups excluding carboxylic acids is 1. The molecule has 1 N–H and O–H groups in total. The maximum absolute atomic E-state index is 12.5. The van der Waals surface area contributed by atoms with Gasteiger partial charge in [0.2, 0.25) is 0 Å². The van der Waals surface area contributed by atoms with Gasteiger partial charge in [0.25, 0.3) is 5.91 Å². The number of likely N-dealkylation sites (N-methyl/N-ethyl adjacent to an activating group) is 1. The molecule has 2 rings (SSSR count). The van der Waals surface area contributed by atoms with Crippen molar-refractivity contribution in [2.75, 3.05) is 25.9 Å². The van der Waals surface area contributed by atoms with E-state index in [1.54, 1.807) is 17.8 Å². The number of hydrogen-bond donors (Lipinski definition) is 1. The molecule has 0 radical (unpaired) electrons. The van der Waals surface area contributed by atoms with Crippen LogP contribution in [0, 0.1) is 0 Å². The standard InChI is InChI=1S/C13H17ClN2OS/c1-3-16(9-7-15-8-9)13(17)11-6-10(18-2)4-5-12(11)14/h4-6,9,15H,3,7-8H2,1-2H3. The van der Waals surface area contributed by atoms with Crippen LogP contribution in [0.3, 0.4) is 0 Å². The molecule has 98 valence electrons. The minimum Gasteiger partial charge on any atom is -0.333 e. The van der Waals surface area contributed by atoms with Crippen molar-refractivity contribution < 1.29 is 4.79 Å². The number of nitrogens with zero attached hydrogens (tertiary/aromatic N) is 1. The minimum absolute atomic E-state index is 0.0323. The van der Waals surface area contributed by atoms with Crippen LogP contribution < -0.4 is 5.32 Å². The third-order valence-electron chi connectivity index (χ3n) is 3.21. The van der Waals surface area contributed by atoms with Crippen molar-refractivity contribution in [2.24, 2.45) is 0 Å². The van der Waals surface area contributed by atoms with E-state index < -0.39 is 0 Å². The zero-order valence-corrected chi connectivity index (χ0v) is 12.1. The van der Waals surface area contributed by atoms with Crippen LogP contribution in [0.15, 0.2) is 23.1 Å². The largest absolute Gasteiger partial charge is 0.333 e. The Morgan fingerprint density at radius 1 is 1.56 bits per heavy atom. The van der Waals surface area contributed by atoms with Crippen molar-refractivity contribution >= 4 is 29.3 Å². The smallest absolute Gasteiger partial charge is 0.255 e. The second kappa shape index (κ2) is 5.95. The van der Waals surface area contributed by atoms with Gasteiger partial charge in [-0.05, 0) is 31.4 Å². The highest BCUT2D eigenvalue weighted by atomic mass is 35.5. The van der Waals surface area contributed by atoms with Gasteiger partial charge in [-0.25, -0.2) is 0 Å². The maximum atomic E-state index is 12.5. The summed E-state index contributed by atoms with van der Waals surface area (Å²) in [6.45, 7) is 4.46. The summed E-state index contributed by atoms with van der Waals surface area (Å²) in [4.78, 5) is 15.5. The van der Waals surface area contributed by atoms with Crippen LogP contribution in [-0.2, 0) is 0 Å². The molecular formula is C13H17ClN2OS. The molecule has 0 aromatic heterocycles. The van der Waals surface area contributed by atoms with Gasteiger partial charge < -0.3 is 10.2 Å². The predicted octanol–water partition coefficient (Wildman–Crippen LogP) is 2.50. The Balaban J connectivity index is 2.25. The van der Waals surface area contributed by atoms with Crippen molar-refractivity contribution in [3.05, 3.63) is 28.8 Å². The molecule has 1 heterocycles. The Kier molecular flexibility index (Phi) is 4.54. The van der Waals surface area contributed by atoms with Gasteiger partial charge in [-0.1, -0.05) is 11.6 Å². The van der Waals surface area contributed by atoms with Crippen LogP contribution in [0.5, 0.6) is 0 Å². The average molecular weight is 285 g/mol. The third kappa shape index (κ3) is 2.66. The number of benzene rings is 1. The topological polar surface area (TPSA) is 32.3 Å². The number of amides is 1. The van der Waals surface area contributed by atoms with Gasteiger partial charge in [0.15, 0.2) is 0 Å². The van der Waals surface area contributed by atoms with Crippen LogP contribution >= 0.6 is 23.4 Å². The van der Waals surface area contributed by atoms with E-state index in [0.29, 0.717) is 23.2 Å². The number of hydrogen-bond acceptors (Lipinski definition) is 3. The quantitative estimate of drug-likeness (QED) is 0.862. The molecule has 0 atom stereocenters. The van der Waals surface area contributed by atoms with Crippen LogP contribution in [0.1, 0.15) is 17.3 Å². The molecule has 0 saturated carbocycles. The van der Waals surface area contributed by atoms with Gasteiger partial charge in [0.05, 0.1) is 16.6 Å². The molecule has 18 heavy (non-hydrogen) atoms. The lowest BCUT2D eigenvalue weighted by molar-refractivity contribution is 0.0630. The highest BCUT2D eigenvalue weighted by Crippen LogP contribution is 2.25. The SMILES string of the molecule is CCN(C(=O)c1cc(SC)ccc1Cl)C1CNC1. The molecule has 1 aliphatic heterocycles. The van der Waals surface area contributed by atoms with Gasteiger partial charge >= 0.3 is 0 Å². The van der Waals surface area contributed by atoms with E-state index in [1.165, 1.54) is 0 Å². The Morgan fingerprint density at radius 3 is 2.78 bits per heavy atom. The molecular weight excluding hydrogens is 268 g/mol. The van der Waals surface area contributed by atoms with Gasteiger partial charge in [0.1, 0.15) is 0 Å². The number of carbonyl (C=O) groups is 1. The molecule has 1 aromatic rings. The molecule has 0 bridgehead atoms. The average Bonchev–Trinajstić information content (AvgIpc) is 2.33. The maximum Gasteiger partial charge on any atom is 0.255 e. The van der Waals surface area contributed by atoms with Crippen molar-refractivity contribution in [3.8, 4) is 0 Å². The fourth-order valence-electron chi connectivity index (χ4n) is 2.01. The number of nitrogens with one attached hydrogen (secondary N) is 1. The van der Waals surface area contributed by atoms with Gasteiger partial charge in [-0.2, -0.15) is 0 Å². The first-order valence-corrected chi connectivity index (χ1v) is 7.62. The van der Waals surface area contributed by atoms with E-state index in [2.05, 4.69) is 5.32 Å². The normalized spacial score (nSPS) is 15.3. The second-order valence-corrected chi connectivity index (χ2v) is 5.54. The summed E-state index contributed by atoms with van der Waals surface area (Å²) in [5.41, 5.74) is 0.609. The first kappa shape index (κ1) is 13.7.